The Morgan fingerprint density at radius 2 is 1.79 bits per heavy atom. The van der Waals surface area contributed by atoms with Gasteiger partial charge in [-0.15, -0.1) is 5.10 Å². The van der Waals surface area contributed by atoms with Gasteiger partial charge in [0.15, 0.2) is 5.82 Å². The van der Waals surface area contributed by atoms with E-state index in [9.17, 15) is 24.0 Å². The molecule has 1 atom stereocenters. The molecule has 6 N–H and O–H groups in total. The van der Waals surface area contributed by atoms with Crippen molar-refractivity contribution in [3.8, 4) is 11.1 Å². The van der Waals surface area contributed by atoms with E-state index in [1.54, 1.807) is 41.1 Å². The van der Waals surface area contributed by atoms with E-state index in [1.807, 2.05) is 49.9 Å². The third-order valence-electron chi connectivity index (χ3n) is 10.7. The zero-order chi connectivity index (χ0) is 42.8. The number of piperidine rings is 1. The maximum atomic E-state index is 13.1. The molecule has 6 aromatic rings. The van der Waals surface area contributed by atoms with Gasteiger partial charge in [0.2, 0.25) is 17.7 Å². The fraction of sp³-hybridized carbons (Fsp3) is 0.333. The summed E-state index contributed by atoms with van der Waals surface area (Å²) in [6, 6.07) is 13.0. The summed E-state index contributed by atoms with van der Waals surface area (Å²) in [5.41, 5.74) is 11.4. The van der Waals surface area contributed by atoms with Crippen molar-refractivity contribution in [3.63, 3.8) is 0 Å². The number of carbonyl (C=O) groups excluding carboxylic acids is 5. The number of carbonyl (C=O) groups is 5. The van der Waals surface area contributed by atoms with Gasteiger partial charge in [0.1, 0.15) is 35.3 Å². The first-order chi connectivity index (χ1) is 29.3. The summed E-state index contributed by atoms with van der Waals surface area (Å²) < 4.78 is 9.07. The predicted octanol–water partition coefficient (Wildman–Crippen LogP) is 5.21. The largest absolute Gasteiger partial charge is 0.383 e. The van der Waals surface area contributed by atoms with E-state index < -0.39 is 18.0 Å². The molecule has 314 valence electrons. The number of nitrogens with two attached hydrogens (primary N) is 1. The molecule has 8 rings (SSSR count). The predicted molar refractivity (Wildman–Crippen MR) is 224 cm³/mol. The summed E-state index contributed by atoms with van der Waals surface area (Å²) in [5, 5.41) is 24.1. The summed E-state index contributed by atoms with van der Waals surface area (Å²) in [6.45, 7) is 7.15. The quantitative estimate of drug-likeness (QED) is 0.0744. The van der Waals surface area contributed by atoms with Crippen molar-refractivity contribution in [3.05, 3.63) is 89.8 Å². The number of imide groups is 1. The topological polar surface area (TPSA) is 250 Å². The van der Waals surface area contributed by atoms with Crippen LogP contribution >= 0.6 is 0 Å². The van der Waals surface area contributed by atoms with Crippen LogP contribution in [0.25, 0.3) is 22.2 Å². The number of fused-ring (bicyclic) bond motifs is 2. The lowest BCUT2D eigenvalue weighted by Gasteiger charge is -2.29. The van der Waals surface area contributed by atoms with Crippen molar-refractivity contribution in [2.75, 3.05) is 21.7 Å². The van der Waals surface area contributed by atoms with Crippen LogP contribution in [-0.4, -0.2) is 75.3 Å². The van der Waals surface area contributed by atoms with E-state index in [-0.39, 0.29) is 42.5 Å². The van der Waals surface area contributed by atoms with Crippen LogP contribution in [0.2, 0.25) is 0 Å². The van der Waals surface area contributed by atoms with Crippen molar-refractivity contribution >= 4 is 63.7 Å². The minimum absolute atomic E-state index is 0.167. The zero-order valence-electron chi connectivity index (χ0n) is 33.9. The molecule has 2 aliphatic heterocycles. The van der Waals surface area contributed by atoms with E-state index in [0.717, 1.165) is 29.7 Å². The first kappa shape index (κ1) is 40.3. The highest BCUT2D eigenvalue weighted by Crippen LogP contribution is 2.35. The van der Waals surface area contributed by atoms with Gasteiger partial charge < -0.3 is 30.4 Å². The highest BCUT2D eigenvalue weighted by atomic mass is 16.5. The first-order valence-electron chi connectivity index (χ1n) is 20.0. The Labute approximate surface area is 349 Å². The van der Waals surface area contributed by atoms with Crippen molar-refractivity contribution < 1.29 is 28.5 Å². The molecule has 19 nitrogen and oxygen atoms in total. The molecule has 1 unspecified atom stereocenters. The molecular weight excluding hydrogens is 783 g/mol. The van der Waals surface area contributed by atoms with Crippen molar-refractivity contribution in [2.45, 2.75) is 90.4 Å². The van der Waals surface area contributed by atoms with Gasteiger partial charge >= 0.3 is 6.03 Å². The highest BCUT2D eigenvalue weighted by Gasteiger charge is 2.40. The lowest BCUT2D eigenvalue weighted by atomic mass is 9.93. The minimum Gasteiger partial charge on any atom is -0.383 e. The van der Waals surface area contributed by atoms with E-state index in [0.29, 0.717) is 76.9 Å². The molecule has 4 aromatic heterocycles. The third kappa shape index (κ3) is 8.80. The minimum atomic E-state index is -0.727. The van der Waals surface area contributed by atoms with Crippen LogP contribution in [0, 0.1) is 0 Å². The van der Waals surface area contributed by atoms with E-state index >= 15 is 0 Å². The Bertz CT molecular complexity index is 2660. The van der Waals surface area contributed by atoms with Gasteiger partial charge in [0, 0.05) is 71.7 Å². The molecule has 19 heteroatoms. The van der Waals surface area contributed by atoms with E-state index in [4.69, 9.17) is 10.3 Å². The maximum Gasteiger partial charge on any atom is 0.324 e. The van der Waals surface area contributed by atoms with Crippen LogP contribution in [0.3, 0.4) is 0 Å². The van der Waals surface area contributed by atoms with Gasteiger partial charge in [0.05, 0.1) is 18.1 Å². The number of unbranched alkanes of at least 4 members (excludes halogenated alkanes) is 2. The molecule has 2 aliphatic rings. The standard InChI is InChI=1S/C42H45N13O6/c1-42(2,3)32-18-33(51-61-32)48-41(60)46-25-13-11-24(12-14-25)28-21-53(38-36(28)37(43)44-23-45-38)19-26-20-54(52-50-26)17-6-4-5-10-34(56)47-30-9-7-8-27-29(30)22-55(40(27)59)31-15-16-35(57)49-39(31)58/h7-9,11-14,18,20-21,23,31H,4-6,10,15-17,19,22H2,1-3H3,(H,47,56)(H2,43,44,45)(H,49,57,58)(H2,46,48,51,60). The number of aromatic nitrogens is 7. The Balaban J connectivity index is 0.825. The molecule has 0 spiro atoms. The Kier molecular flexibility index (Phi) is 11.0. The second-order valence-corrected chi connectivity index (χ2v) is 16.2. The van der Waals surface area contributed by atoms with Crippen LogP contribution in [0.1, 0.15) is 86.7 Å². The summed E-state index contributed by atoms with van der Waals surface area (Å²) in [4.78, 5) is 73.0. The van der Waals surface area contributed by atoms with Gasteiger partial charge in [-0.3, -0.25) is 34.5 Å². The molecule has 0 bridgehead atoms. The number of hydrogen-bond acceptors (Lipinski definition) is 12. The average molecular weight is 828 g/mol. The van der Waals surface area contributed by atoms with Crippen LogP contribution in [0.4, 0.5) is 27.8 Å². The molecule has 0 saturated carbocycles. The number of amides is 6. The van der Waals surface area contributed by atoms with E-state index in [2.05, 4.69) is 46.7 Å². The van der Waals surface area contributed by atoms with Gasteiger partial charge in [-0.2, -0.15) is 0 Å². The molecule has 0 radical (unpaired) electrons. The van der Waals surface area contributed by atoms with Crippen LogP contribution in [-0.2, 0) is 39.4 Å². The first-order valence-corrected chi connectivity index (χ1v) is 20.0. The fourth-order valence-corrected chi connectivity index (χ4v) is 7.53. The maximum absolute atomic E-state index is 13.1. The number of anilines is 4. The van der Waals surface area contributed by atoms with Crippen LogP contribution in [0.5, 0.6) is 0 Å². The van der Waals surface area contributed by atoms with Crippen molar-refractivity contribution in [1.29, 1.82) is 0 Å². The van der Waals surface area contributed by atoms with Gasteiger partial charge in [0.25, 0.3) is 5.91 Å². The second kappa shape index (κ2) is 16.7. The summed E-state index contributed by atoms with van der Waals surface area (Å²) in [7, 11) is 0. The average Bonchev–Trinajstić information content (AvgIpc) is 4.03. The van der Waals surface area contributed by atoms with Crippen LogP contribution < -0.4 is 27.0 Å². The second-order valence-electron chi connectivity index (χ2n) is 16.2. The molecule has 1 fully saturated rings. The number of nitrogens with zero attached hydrogens (tertiary/aromatic N) is 8. The Morgan fingerprint density at radius 1 is 0.967 bits per heavy atom. The number of nitrogen functional groups attached to an aromatic ring is 1. The Hall–Kier alpha value is -7.44. The number of rotatable bonds is 13. The van der Waals surface area contributed by atoms with E-state index in [1.165, 1.54) is 11.2 Å². The summed E-state index contributed by atoms with van der Waals surface area (Å²) in [5.74, 6) is 0.0286. The molecule has 6 heterocycles. The SMILES string of the molecule is CC(C)(C)c1cc(NC(=O)Nc2ccc(-c3cn(Cc4cn(CCCCCC(=O)Nc5cccc6c5CN(C5CCC(=O)NC5=O)C6=O)nn4)c4ncnc(N)c34)cc2)no1. The van der Waals surface area contributed by atoms with Crippen LogP contribution in [0.15, 0.2) is 71.8 Å². The number of urea groups is 1. The monoisotopic (exact) mass is 827 g/mol. The fourth-order valence-electron chi connectivity index (χ4n) is 7.53. The Morgan fingerprint density at radius 3 is 2.56 bits per heavy atom. The summed E-state index contributed by atoms with van der Waals surface area (Å²) in [6.07, 6.45) is 8.18. The van der Waals surface area contributed by atoms with Gasteiger partial charge in [-0.25, -0.2) is 14.8 Å². The lowest BCUT2D eigenvalue weighted by Crippen LogP contribution is -2.52. The highest BCUT2D eigenvalue weighted by molar-refractivity contribution is 6.07. The zero-order valence-corrected chi connectivity index (χ0v) is 33.9. The normalized spacial score (nSPS) is 15.2. The molecule has 6 amide bonds. The number of benzene rings is 2. The van der Waals surface area contributed by atoms with Gasteiger partial charge in [-0.1, -0.05) is 55.8 Å². The summed E-state index contributed by atoms with van der Waals surface area (Å²) >= 11 is 0. The molecule has 2 aromatic carbocycles. The number of hydrogen-bond donors (Lipinski definition) is 5. The van der Waals surface area contributed by atoms with Crippen molar-refractivity contribution in [1.82, 2.24) is 44.9 Å². The smallest absolute Gasteiger partial charge is 0.324 e. The number of nitrogens with one attached hydrogen (secondary N) is 4. The molecule has 1 saturated heterocycles. The van der Waals surface area contributed by atoms with Crippen molar-refractivity contribution in [2.24, 2.45) is 0 Å². The molecule has 0 aliphatic carbocycles. The molecular formula is C42H45N13O6. The van der Waals surface area contributed by atoms with Gasteiger partial charge in [-0.05, 0) is 49.1 Å². The third-order valence-corrected chi connectivity index (χ3v) is 10.7. The lowest BCUT2D eigenvalue weighted by molar-refractivity contribution is -0.137. The molecule has 61 heavy (non-hydrogen) atoms. The number of aryl methyl sites for hydroxylation is 1.